The smallest absolute Gasteiger partial charge is 0.247 e. The van der Waals surface area contributed by atoms with Gasteiger partial charge in [0.2, 0.25) is 5.91 Å². The molecule has 78 valence electrons. The number of ether oxygens (including phenoxy) is 1. The minimum atomic E-state index is -0.631. The van der Waals surface area contributed by atoms with E-state index >= 15 is 0 Å². The van der Waals surface area contributed by atoms with Gasteiger partial charge in [0.25, 0.3) is 0 Å². The predicted molar refractivity (Wildman–Crippen MR) is 51.4 cm³/mol. The summed E-state index contributed by atoms with van der Waals surface area (Å²) in [4.78, 5) is 11.3. The molecule has 4 heteroatoms. The lowest BCUT2D eigenvalue weighted by molar-refractivity contribution is -0.126. The van der Waals surface area contributed by atoms with Crippen LogP contribution < -0.4 is 5.32 Å². The number of nitriles is 1. The largest absolute Gasteiger partial charge is 0.375 e. The molecule has 14 heavy (non-hydrogen) atoms. The summed E-state index contributed by atoms with van der Waals surface area (Å²) >= 11 is 0. The van der Waals surface area contributed by atoms with Crippen molar-refractivity contribution in [1.82, 2.24) is 5.32 Å². The maximum Gasteiger partial charge on any atom is 0.247 e. The van der Waals surface area contributed by atoms with Crippen LogP contribution in [0.4, 0.5) is 0 Å². The van der Waals surface area contributed by atoms with Crippen LogP contribution in [0.1, 0.15) is 32.1 Å². The lowest BCUT2D eigenvalue weighted by atomic mass is 9.83. The fraction of sp³-hybridized carbons (Fsp3) is 0.800. The van der Waals surface area contributed by atoms with Crippen LogP contribution in [0.5, 0.6) is 0 Å². The Morgan fingerprint density at radius 2 is 2.14 bits per heavy atom. The van der Waals surface area contributed by atoms with Gasteiger partial charge < -0.3 is 10.1 Å². The summed E-state index contributed by atoms with van der Waals surface area (Å²) < 4.78 is 4.71. The summed E-state index contributed by atoms with van der Waals surface area (Å²) in [7, 11) is 1.47. The molecule has 1 saturated carbocycles. The van der Waals surface area contributed by atoms with Crippen LogP contribution in [0, 0.1) is 11.3 Å². The third kappa shape index (κ3) is 2.71. The molecule has 0 aromatic heterocycles. The van der Waals surface area contributed by atoms with Gasteiger partial charge in [-0.2, -0.15) is 5.26 Å². The minimum absolute atomic E-state index is 0.0312. The first-order valence-corrected chi connectivity index (χ1v) is 4.94. The fourth-order valence-corrected chi connectivity index (χ4v) is 1.85. The molecule has 1 amide bonds. The van der Waals surface area contributed by atoms with Crippen molar-refractivity contribution in [3.05, 3.63) is 0 Å². The third-order valence-corrected chi connectivity index (χ3v) is 2.58. The zero-order chi connectivity index (χ0) is 10.4. The van der Waals surface area contributed by atoms with E-state index in [2.05, 4.69) is 11.4 Å². The van der Waals surface area contributed by atoms with Gasteiger partial charge in [0.05, 0.1) is 6.07 Å². The van der Waals surface area contributed by atoms with E-state index in [0.29, 0.717) is 0 Å². The Balaban J connectivity index is 2.52. The highest BCUT2D eigenvalue weighted by atomic mass is 16.5. The third-order valence-electron chi connectivity index (χ3n) is 2.58. The number of carbonyl (C=O) groups excluding carboxylic acids is 1. The molecule has 0 atom stereocenters. The normalized spacial score (nSPS) is 19.7. The highest BCUT2D eigenvalue weighted by molar-refractivity contribution is 5.78. The summed E-state index contributed by atoms with van der Waals surface area (Å²) in [6, 6.07) is 2.22. The van der Waals surface area contributed by atoms with Crippen molar-refractivity contribution < 1.29 is 9.53 Å². The van der Waals surface area contributed by atoms with Gasteiger partial charge in [-0.15, -0.1) is 0 Å². The number of nitrogens with zero attached hydrogens (tertiary/aromatic N) is 1. The Kier molecular flexibility index (Phi) is 3.90. The maximum atomic E-state index is 11.3. The molecule has 1 aliphatic rings. The number of rotatable bonds is 3. The lowest BCUT2D eigenvalue weighted by Gasteiger charge is -2.31. The van der Waals surface area contributed by atoms with Crippen molar-refractivity contribution >= 4 is 5.91 Å². The number of nitrogens with one attached hydrogen (secondary N) is 1. The van der Waals surface area contributed by atoms with Gasteiger partial charge in [0, 0.05) is 7.11 Å². The van der Waals surface area contributed by atoms with Crippen molar-refractivity contribution in [3.8, 4) is 6.07 Å². The monoisotopic (exact) mass is 196 g/mol. The second-order valence-electron chi connectivity index (χ2n) is 3.74. The zero-order valence-electron chi connectivity index (χ0n) is 8.51. The molecule has 4 nitrogen and oxygen atoms in total. The Morgan fingerprint density at radius 1 is 1.50 bits per heavy atom. The quantitative estimate of drug-likeness (QED) is 0.731. The van der Waals surface area contributed by atoms with Gasteiger partial charge >= 0.3 is 0 Å². The highest BCUT2D eigenvalue weighted by Crippen LogP contribution is 2.27. The molecule has 0 spiro atoms. The van der Waals surface area contributed by atoms with E-state index in [0.717, 1.165) is 32.1 Å². The maximum absolute atomic E-state index is 11.3. The molecule has 0 aromatic rings. The molecule has 0 unspecified atom stereocenters. The molecule has 0 heterocycles. The van der Waals surface area contributed by atoms with Crippen LogP contribution >= 0.6 is 0 Å². The van der Waals surface area contributed by atoms with Gasteiger partial charge in [-0.3, -0.25) is 4.79 Å². The summed E-state index contributed by atoms with van der Waals surface area (Å²) in [6.07, 6.45) is 4.71. The first-order valence-electron chi connectivity index (χ1n) is 4.94. The first kappa shape index (κ1) is 11.0. The topological polar surface area (TPSA) is 62.1 Å². The van der Waals surface area contributed by atoms with Gasteiger partial charge in [-0.25, -0.2) is 0 Å². The van der Waals surface area contributed by atoms with E-state index in [1.165, 1.54) is 7.11 Å². The summed E-state index contributed by atoms with van der Waals surface area (Å²) in [6.45, 7) is 0.0312. The lowest BCUT2D eigenvalue weighted by Crippen LogP contribution is -2.49. The molecule has 0 bridgehead atoms. The van der Waals surface area contributed by atoms with Crippen LogP contribution in [-0.4, -0.2) is 25.2 Å². The molecule has 1 rings (SSSR count). The molecule has 0 radical (unpaired) electrons. The van der Waals surface area contributed by atoms with E-state index in [4.69, 9.17) is 10.00 Å². The van der Waals surface area contributed by atoms with Gasteiger partial charge in [-0.1, -0.05) is 19.3 Å². The minimum Gasteiger partial charge on any atom is -0.375 e. The predicted octanol–water partition coefficient (Wildman–Crippen LogP) is 0.975. The average Bonchev–Trinajstić information content (AvgIpc) is 2.19. The summed E-state index contributed by atoms with van der Waals surface area (Å²) in [5, 5.41) is 11.8. The molecule has 1 aliphatic carbocycles. The Bertz CT molecular complexity index is 239. The van der Waals surface area contributed by atoms with Gasteiger partial charge in [0.15, 0.2) is 0 Å². The molecular weight excluding hydrogens is 180 g/mol. The van der Waals surface area contributed by atoms with Crippen molar-refractivity contribution in [2.24, 2.45) is 0 Å². The van der Waals surface area contributed by atoms with Crippen LogP contribution in [0.3, 0.4) is 0 Å². The van der Waals surface area contributed by atoms with E-state index in [-0.39, 0.29) is 12.5 Å². The summed E-state index contributed by atoms with van der Waals surface area (Å²) in [5.41, 5.74) is -0.631. The van der Waals surface area contributed by atoms with Crippen molar-refractivity contribution in [2.75, 3.05) is 13.7 Å². The zero-order valence-corrected chi connectivity index (χ0v) is 8.51. The van der Waals surface area contributed by atoms with E-state index in [9.17, 15) is 4.79 Å². The molecular formula is C10H16N2O2. The van der Waals surface area contributed by atoms with Crippen LogP contribution in [0.25, 0.3) is 0 Å². The number of carbonyl (C=O) groups is 1. The Morgan fingerprint density at radius 3 is 2.64 bits per heavy atom. The van der Waals surface area contributed by atoms with Crippen LogP contribution in [-0.2, 0) is 9.53 Å². The average molecular weight is 196 g/mol. The van der Waals surface area contributed by atoms with Crippen molar-refractivity contribution in [1.29, 1.82) is 5.26 Å². The molecule has 0 aliphatic heterocycles. The standard InChI is InChI=1S/C10H16N2O2/c1-14-7-9(13)12-10(8-11)5-3-2-4-6-10/h2-7H2,1H3,(H,12,13). The summed E-state index contributed by atoms with van der Waals surface area (Å²) in [5.74, 6) is -0.198. The van der Waals surface area contributed by atoms with Crippen LogP contribution in [0.2, 0.25) is 0 Å². The van der Waals surface area contributed by atoms with Gasteiger partial charge in [-0.05, 0) is 12.8 Å². The van der Waals surface area contributed by atoms with E-state index in [1.807, 2.05) is 0 Å². The Hall–Kier alpha value is -1.08. The number of hydrogen-bond acceptors (Lipinski definition) is 3. The van der Waals surface area contributed by atoms with Crippen LogP contribution in [0.15, 0.2) is 0 Å². The fourth-order valence-electron chi connectivity index (χ4n) is 1.85. The number of methoxy groups -OCH3 is 1. The van der Waals surface area contributed by atoms with Crippen molar-refractivity contribution in [3.63, 3.8) is 0 Å². The second kappa shape index (κ2) is 4.97. The van der Waals surface area contributed by atoms with Crippen molar-refractivity contribution in [2.45, 2.75) is 37.6 Å². The number of hydrogen-bond donors (Lipinski definition) is 1. The van der Waals surface area contributed by atoms with Gasteiger partial charge in [0.1, 0.15) is 12.1 Å². The second-order valence-corrected chi connectivity index (χ2v) is 3.74. The molecule has 0 saturated heterocycles. The molecule has 1 N–H and O–H groups in total. The van der Waals surface area contributed by atoms with E-state index < -0.39 is 5.54 Å². The van der Waals surface area contributed by atoms with E-state index in [1.54, 1.807) is 0 Å². The number of amides is 1. The highest BCUT2D eigenvalue weighted by Gasteiger charge is 2.33. The molecule has 0 aromatic carbocycles. The Labute approximate surface area is 84.2 Å². The molecule has 1 fully saturated rings. The SMILES string of the molecule is COCC(=O)NC1(C#N)CCCCC1. The first-order chi connectivity index (χ1) is 6.72.